The molecule has 0 bridgehead atoms. The maximum absolute atomic E-state index is 12.2. The Morgan fingerprint density at radius 3 is 3.00 bits per heavy atom. The molecule has 2 saturated heterocycles. The van der Waals surface area contributed by atoms with E-state index in [-0.39, 0.29) is 6.09 Å². The standard InChI is InChI=1S/C21H27N3O2/c1-23-12-14(13-26-21(25)24-7-2-3-8-24)9-17-16-5-4-6-18-20(16)15(11-22-18)10-19(17)23/h4-6,11,14,17,19,22H,2-3,7-10,12-13H2,1H3/t14-,17?,19-/m1/s1. The summed E-state index contributed by atoms with van der Waals surface area (Å²) in [5, 5.41) is 1.43. The van der Waals surface area contributed by atoms with Gasteiger partial charge in [-0.2, -0.15) is 0 Å². The van der Waals surface area contributed by atoms with Gasteiger partial charge in [0.25, 0.3) is 0 Å². The maximum atomic E-state index is 12.2. The average molecular weight is 353 g/mol. The third-order valence-electron chi connectivity index (χ3n) is 6.62. The number of nitrogens with one attached hydrogen (secondary N) is 1. The first-order chi connectivity index (χ1) is 12.7. The summed E-state index contributed by atoms with van der Waals surface area (Å²) in [5.74, 6) is 0.930. The van der Waals surface area contributed by atoms with E-state index in [0.29, 0.717) is 24.5 Å². The minimum Gasteiger partial charge on any atom is -0.449 e. The summed E-state index contributed by atoms with van der Waals surface area (Å²) in [5.41, 5.74) is 4.17. The van der Waals surface area contributed by atoms with Gasteiger partial charge in [0.1, 0.15) is 0 Å². The summed E-state index contributed by atoms with van der Waals surface area (Å²) in [6, 6.07) is 7.18. The molecule has 0 spiro atoms. The molecule has 26 heavy (non-hydrogen) atoms. The molecule has 1 aromatic heterocycles. The fraction of sp³-hybridized carbons (Fsp3) is 0.571. The van der Waals surface area contributed by atoms with Crippen molar-refractivity contribution in [2.24, 2.45) is 5.92 Å². The van der Waals surface area contributed by atoms with Gasteiger partial charge in [-0.15, -0.1) is 0 Å². The highest BCUT2D eigenvalue weighted by atomic mass is 16.6. The van der Waals surface area contributed by atoms with Crippen LogP contribution >= 0.6 is 0 Å². The monoisotopic (exact) mass is 353 g/mol. The Hall–Kier alpha value is -2.01. The predicted molar refractivity (Wildman–Crippen MR) is 101 cm³/mol. The zero-order valence-corrected chi connectivity index (χ0v) is 15.4. The Labute approximate surface area is 154 Å². The van der Waals surface area contributed by atoms with Gasteiger partial charge >= 0.3 is 6.09 Å². The number of H-pyrrole nitrogens is 1. The Morgan fingerprint density at radius 2 is 2.15 bits per heavy atom. The molecule has 3 aliphatic rings. The molecule has 3 heterocycles. The highest BCUT2D eigenvalue weighted by molar-refractivity contribution is 5.88. The lowest BCUT2D eigenvalue weighted by atomic mass is 9.72. The lowest BCUT2D eigenvalue weighted by molar-refractivity contribution is 0.0499. The highest BCUT2D eigenvalue weighted by Gasteiger charge is 2.39. The minimum absolute atomic E-state index is 0.119. The number of fused-ring (bicyclic) bond motifs is 2. The molecular formula is C21H27N3O2. The highest BCUT2D eigenvalue weighted by Crippen LogP contribution is 2.44. The lowest BCUT2D eigenvalue weighted by Crippen LogP contribution is -2.49. The van der Waals surface area contributed by atoms with Crippen molar-refractivity contribution in [1.82, 2.24) is 14.8 Å². The molecular weight excluding hydrogens is 326 g/mol. The van der Waals surface area contributed by atoms with Crippen LogP contribution in [0.25, 0.3) is 10.9 Å². The molecule has 1 N–H and O–H groups in total. The summed E-state index contributed by atoms with van der Waals surface area (Å²) < 4.78 is 5.68. The van der Waals surface area contributed by atoms with E-state index in [1.807, 2.05) is 4.90 Å². The number of amides is 1. The number of aromatic nitrogens is 1. The first-order valence-corrected chi connectivity index (χ1v) is 9.91. The van der Waals surface area contributed by atoms with Crippen LogP contribution in [-0.2, 0) is 11.2 Å². The van der Waals surface area contributed by atoms with Crippen LogP contribution in [0.15, 0.2) is 24.4 Å². The van der Waals surface area contributed by atoms with Gasteiger partial charge in [0, 0.05) is 54.6 Å². The molecule has 2 fully saturated rings. The van der Waals surface area contributed by atoms with Crippen LogP contribution in [0, 0.1) is 5.92 Å². The Bertz CT molecular complexity index is 824. The third kappa shape index (κ3) is 2.60. The van der Waals surface area contributed by atoms with Crippen LogP contribution in [0.4, 0.5) is 4.79 Å². The molecule has 5 heteroatoms. The fourth-order valence-electron chi connectivity index (χ4n) is 5.35. The molecule has 3 atom stereocenters. The van der Waals surface area contributed by atoms with Gasteiger partial charge in [-0.05, 0) is 49.9 Å². The van der Waals surface area contributed by atoms with E-state index >= 15 is 0 Å². The quantitative estimate of drug-likeness (QED) is 0.901. The summed E-state index contributed by atoms with van der Waals surface area (Å²) in [6.45, 7) is 3.25. The number of piperidine rings is 1. The number of hydrogen-bond acceptors (Lipinski definition) is 3. The van der Waals surface area contributed by atoms with Crippen molar-refractivity contribution in [1.29, 1.82) is 0 Å². The van der Waals surface area contributed by atoms with Crippen molar-refractivity contribution in [2.45, 2.75) is 37.6 Å². The normalized spacial score (nSPS) is 28.3. The largest absolute Gasteiger partial charge is 0.449 e. The van der Waals surface area contributed by atoms with Crippen LogP contribution in [0.1, 0.15) is 36.3 Å². The van der Waals surface area contributed by atoms with Gasteiger partial charge < -0.3 is 19.5 Å². The minimum atomic E-state index is -0.119. The van der Waals surface area contributed by atoms with E-state index in [1.54, 1.807) is 0 Å². The second kappa shape index (κ2) is 6.31. The number of rotatable bonds is 2. The second-order valence-corrected chi connectivity index (χ2v) is 8.27. The maximum Gasteiger partial charge on any atom is 0.409 e. The number of likely N-dealkylation sites (N-methyl/N-ethyl adjacent to an activating group) is 1. The molecule has 1 aliphatic carbocycles. The first-order valence-electron chi connectivity index (χ1n) is 9.91. The number of carbonyl (C=O) groups excluding carboxylic acids is 1. The van der Waals surface area contributed by atoms with Crippen LogP contribution < -0.4 is 0 Å². The van der Waals surface area contributed by atoms with Crippen LogP contribution in [0.5, 0.6) is 0 Å². The van der Waals surface area contributed by atoms with Crippen molar-refractivity contribution in [3.8, 4) is 0 Å². The van der Waals surface area contributed by atoms with Crippen molar-refractivity contribution in [2.75, 3.05) is 33.3 Å². The number of carbonyl (C=O) groups is 1. The molecule has 1 unspecified atom stereocenters. The summed E-state index contributed by atoms with van der Waals surface area (Å²) in [6.07, 6.45) is 6.49. The number of nitrogens with zero attached hydrogens (tertiary/aromatic N) is 2. The first kappa shape index (κ1) is 16.2. The molecule has 5 nitrogen and oxygen atoms in total. The number of ether oxygens (including phenoxy) is 1. The summed E-state index contributed by atoms with van der Waals surface area (Å²) >= 11 is 0. The average Bonchev–Trinajstić information content (AvgIpc) is 3.32. The Kier molecular flexibility index (Phi) is 3.92. The molecule has 2 aromatic rings. The van der Waals surface area contributed by atoms with Crippen molar-refractivity contribution in [3.63, 3.8) is 0 Å². The van der Waals surface area contributed by atoms with E-state index < -0.39 is 0 Å². The van der Waals surface area contributed by atoms with E-state index in [1.165, 1.54) is 22.0 Å². The van der Waals surface area contributed by atoms with Crippen LogP contribution in [0.2, 0.25) is 0 Å². The second-order valence-electron chi connectivity index (χ2n) is 8.27. The Morgan fingerprint density at radius 1 is 1.31 bits per heavy atom. The number of benzene rings is 1. The van der Waals surface area contributed by atoms with Gasteiger partial charge in [-0.1, -0.05) is 12.1 Å². The van der Waals surface area contributed by atoms with Crippen molar-refractivity contribution < 1.29 is 9.53 Å². The molecule has 5 rings (SSSR count). The molecule has 138 valence electrons. The van der Waals surface area contributed by atoms with Crippen LogP contribution in [-0.4, -0.2) is 60.2 Å². The number of likely N-dealkylation sites (tertiary alicyclic amines) is 2. The molecule has 0 radical (unpaired) electrons. The topological polar surface area (TPSA) is 48.6 Å². The zero-order chi connectivity index (χ0) is 17.7. The summed E-state index contributed by atoms with van der Waals surface area (Å²) in [7, 11) is 2.23. The van der Waals surface area contributed by atoms with Gasteiger partial charge in [0.15, 0.2) is 0 Å². The van der Waals surface area contributed by atoms with Gasteiger partial charge in [-0.3, -0.25) is 0 Å². The smallest absolute Gasteiger partial charge is 0.409 e. The molecule has 0 saturated carbocycles. The number of hydrogen-bond donors (Lipinski definition) is 1. The van der Waals surface area contributed by atoms with E-state index in [4.69, 9.17) is 4.74 Å². The predicted octanol–water partition coefficient (Wildman–Crippen LogP) is 3.36. The molecule has 1 aromatic carbocycles. The van der Waals surface area contributed by atoms with Crippen molar-refractivity contribution >= 4 is 17.0 Å². The van der Waals surface area contributed by atoms with Gasteiger partial charge in [-0.25, -0.2) is 4.79 Å². The number of aromatic amines is 1. The lowest BCUT2D eigenvalue weighted by Gasteiger charge is -2.45. The van der Waals surface area contributed by atoms with Crippen LogP contribution in [0.3, 0.4) is 0 Å². The third-order valence-corrected chi connectivity index (χ3v) is 6.62. The van der Waals surface area contributed by atoms with E-state index in [0.717, 1.165) is 45.3 Å². The Balaban J connectivity index is 1.33. The SMILES string of the molecule is CN1C[C@H](COC(=O)N2CCCC2)CC2c3cccc4[nH]cc(c34)C[C@H]21. The summed E-state index contributed by atoms with van der Waals surface area (Å²) in [4.78, 5) is 20.0. The molecule has 2 aliphatic heterocycles. The van der Waals surface area contributed by atoms with E-state index in [9.17, 15) is 4.79 Å². The van der Waals surface area contributed by atoms with Crippen molar-refractivity contribution in [3.05, 3.63) is 35.5 Å². The van der Waals surface area contributed by atoms with Gasteiger partial charge in [0.05, 0.1) is 6.61 Å². The van der Waals surface area contributed by atoms with Gasteiger partial charge in [0.2, 0.25) is 0 Å². The van der Waals surface area contributed by atoms with E-state index in [2.05, 4.69) is 41.3 Å². The fourth-order valence-corrected chi connectivity index (χ4v) is 5.35. The molecule has 1 amide bonds. The zero-order valence-electron chi connectivity index (χ0n) is 15.4.